The summed E-state index contributed by atoms with van der Waals surface area (Å²) in [6, 6.07) is 16.7. The molecule has 0 radical (unpaired) electrons. The van der Waals surface area contributed by atoms with Gasteiger partial charge in [0.15, 0.2) is 0 Å². The van der Waals surface area contributed by atoms with Gasteiger partial charge in [-0.15, -0.1) is 11.3 Å². The van der Waals surface area contributed by atoms with Crippen molar-refractivity contribution in [2.24, 2.45) is 5.73 Å². The number of hydrogen-bond acceptors (Lipinski definition) is 4. The number of amides is 1. The smallest absolute Gasteiger partial charge is 0.249 e. The molecule has 5 N–H and O–H groups in total. The quantitative estimate of drug-likeness (QED) is 0.332. The Morgan fingerprint density at radius 2 is 1.79 bits per heavy atom. The predicted molar refractivity (Wildman–Crippen MR) is 119 cm³/mol. The molecular formula is C21H21ClN4OS. The summed E-state index contributed by atoms with van der Waals surface area (Å²) < 4.78 is 0. The van der Waals surface area contributed by atoms with Gasteiger partial charge in [-0.1, -0.05) is 23.7 Å². The van der Waals surface area contributed by atoms with Gasteiger partial charge >= 0.3 is 0 Å². The molecule has 28 heavy (non-hydrogen) atoms. The molecule has 0 aliphatic carbocycles. The highest BCUT2D eigenvalue weighted by Crippen LogP contribution is 2.28. The van der Waals surface area contributed by atoms with Crippen LogP contribution in [0.15, 0.2) is 60.0 Å². The molecule has 3 aromatic rings. The summed E-state index contributed by atoms with van der Waals surface area (Å²) in [7, 11) is 0. The Balaban J connectivity index is 1.74. The van der Waals surface area contributed by atoms with E-state index in [9.17, 15) is 4.79 Å². The van der Waals surface area contributed by atoms with Gasteiger partial charge in [0.05, 0.1) is 4.88 Å². The van der Waals surface area contributed by atoms with Crippen LogP contribution in [0.25, 0.3) is 11.1 Å². The molecule has 0 aliphatic heterocycles. The minimum Gasteiger partial charge on any atom is -0.383 e. The molecule has 1 amide bonds. The van der Waals surface area contributed by atoms with E-state index in [0.29, 0.717) is 10.7 Å². The molecule has 144 valence electrons. The second-order valence-corrected chi connectivity index (χ2v) is 8.25. The molecule has 3 rings (SSSR count). The minimum atomic E-state index is -0.825. The number of rotatable bonds is 6. The van der Waals surface area contributed by atoms with Crippen molar-refractivity contribution in [2.45, 2.75) is 19.4 Å². The Kier molecular flexibility index (Phi) is 5.72. The number of nitrogens with one attached hydrogen (secondary N) is 3. The first-order chi connectivity index (χ1) is 13.2. The molecule has 0 saturated heterocycles. The Morgan fingerprint density at radius 3 is 2.43 bits per heavy atom. The number of halogens is 1. The van der Waals surface area contributed by atoms with Crippen LogP contribution in [0, 0.1) is 5.41 Å². The molecular weight excluding hydrogens is 392 g/mol. The molecule has 2 aromatic carbocycles. The van der Waals surface area contributed by atoms with Crippen LogP contribution in [0.1, 0.15) is 18.7 Å². The molecule has 5 nitrogen and oxygen atoms in total. The highest BCUT2D eigenvalue weighted by atomic mass is 35.5. The first kappa shape index (κ1) is 19.9. The van der Waals surface area contributed by atoms with Gasteiger partial charge in [-0.25, -0.2) is 0 Å². The lowest BCUT2D eigenvalue weighted by Crippen LogP contribution is -2.44. The highest BCUT2D eigenvalue weighted by Gasteiger charge is 2.27. The summed E-state index contributed by atoms with van der Waals surface area (Å²) in [5.74, 6) is -0.106. The monoisotopic (exact) mass is 412 g/mol. The first-order valence-corrected chi connectivity index (χ1v) is 9.89. The minimum absolute atomic E-state index is 0.0516. The number of anilines is 2. The largest absolute Gasteiger partial charge is 0.383 e. The third kappa shape index (κ3) is 4.71. The SMILES string of the molecule is CC(C)(Nc1ccc(Cl)cc1)C(=O)Nc1cccc(-c2csc(C(=N)N)c2)c1. The van der Waals surface area contributed by atoms with E-state index < -0.39 is 5.54 Å². The highest BCUT2D eigenvalue weighted by molar-refractivity contribution is 7.12. The van der Waals surface area contributed by atoms with Crippen LogP contribution in [0.5, 0.6) is 0 Å². The molecule has 1 heterocycles. The summed E-state index contributed by atoms with van der Waals surface area (Å²) in [6.45, 7) is 3.64. The van der Waals surface area contributed by atoms with Crippen molar-refractivity contribution >= 4 is 46.1 Å². The van der Waals surface area contributed by atoms with Crippen molar-refractivity contribution in [1.29, 1.82) is 5.41 Å². The molecule has 0 saturated carbocycles. The van der Waals surface area contributed by atoms with Gasteiger partial charge in [0.2, 0.25) is 5.91 Å². The van der Waals surface area contributed by atoms with Gasteiger partial charge < -0.3 is 16.4 Å². The zero-order valence-electron chi connectivity index (χ0n) is 15.5. The number of carbonyl (C=O) groups is 1. The Labute approximate surface area is 173 Å². The molecule has 0 aliphatic rings. The molecule has 0 atom stereocenters. The van der Waals surface area contributed by atoms with Crippen LogP contribution in [0.2, 0.25) is 5.02 Å². The molecule has 7 heteroatoms. The maximum Gasteiger partial charge on any atom is 0.249 e. The molecule has 1 aromatic heterocycles. The zero-order valence-corrected chi connectivity index (χ0v) is 17.1. The number of carbonyl (C=O) groups excluding carboxylic acids is 1. The third-order valence-corrected chi connectivity index (χ3v) is 5.40. The predicted octanol–water partition coefficient (Wildman–Crippen LogP) is 5.18. The number of benzene rings is 2. The van der Waals surface area contributed by atoms with Crippen LogP contribution >= 0.6 is 22.9 Å². The second-order valence-electron chi connectivity index (χ2n) is 6.91. The lowest BCUT2D eigenvalue weighted by molar-refractivity contribution is -0.119. The summed E-state index contributed by atoms with van der Waals surface area (Å²) >= 11 is 7.33. The summed E-state index contributed by atoms with van der Waals surface area (Å²) in [4.78, 5) is 13.5. The summed E-state index contributed by atoms with van der Waals surface area (Å²) in [5.41, 5.74) is 8.14. The average molecular weight is 413 g/mol. The second kappa shape index (κ2) is 8.04. The van der Waals surface area contributed by atoms with E-state index in [2.05, 4.69) is 10.6 Å². The van der Waals surface area contributed by atoms with Gasteiger partial charge in [-0.3, -0.25) is 10.2 Å². The lowest BCUT2D eigenvalue weighted by atomic mass is 10.0. The van der Waals surface area contributed by atoms with Crippen LogP contribution in [-0.4, -0.2) is 17.3 Å². The lowest BCUT2D eigenvalue weighted by Gasteiger charge is -2.26. The van der Waals surface area contributed by atoms with E-state index in [-0.39, 0.29) is 11.7 Å². The van der Waals surface area contributed by atoms with Gasteiger partial charge in [0.1, 0.15) is 11.4 Å². The van der Waals surface area contributed by atoms with E-state index in [1.54, 1.807) is 12.1 Å². The first-order valence-electron chi connectivity index (χ1n) is 8.63. The number of nitrogens with two attached hydrogens (primary N) is 1. The van der Waals surface area contributed by atoms with E-state index in [1.165, 1.54) is 11.3 Å². The van der Waals surface area contributed by atoms with Gasteiger partial charge in [-0.05, 0) is 72.8 Å². The Bertz CT molecular complexity index is 1010. The number of thiophene rings is 1. The summed E-state index contributed by atoms with van der Waals surface area (Å²) in [5, 5.41) is 16.3. The van der Waals surface area contributed by atoms with Gasteiger partial charge in [0.25, 0.3) is 0 Å². The van der Waals surface area contributed by atoms with Crippen molar-refractivity contribution in [1.82, 2.24) is 0 Å². The van der Waals surface area contributed by atoms with Gasteiger partial charge in [0, 0.05) is 16.4 Å². The van der Waals surface area contributed by atoms with Crippen LogP contribution < -0.4 is 16.4 Å². The van der Waals surface area contributed by atoms with Crippen molar-refractivity contribution in [3.8, 4) is 11.1 Å². The maximum atomic E-state index is 12.8. The van der Waals surface area contributed by atoms with Gasteiger partial charge in [-0.2, -0.15) is 0 Å². The van der Waals surface area contributed by atoms with E-state index in [4.69, 9.17) is 22.7 Å². The van der Waals surface area contributed by atoms with Crippen molar-refractivity contribution in [3.63, 3.8) is 0 Å². The van der Waals surface area contributed by atoms with Crippen molar-refractivity contribution < 1.29 is 4.79 Å². The molecule has 0 fully saturated rings. The van der Waals surface area contributed by atoms with E-state index in [1.807, 2.05) is 61.7 Å². The Morgan fingerprint density at radius 1 is 1.07 bits per heavy atom. The van der Waals surface area contributed by atoms with Crippen LogP contribution in [0.3, 0.4) is 0 Å². The van der Waals surface area contributed by atoms with Crippen LogP contribution in [0.4, 0.5) is 11.4 Å². The fraction of sp³-hybridized carbons (Fsp3) is 0.143. The standard InChI is InChI=1S/C21H21ClN4OS/c1-21(2,26-16-8-6-15(22)7-9-16)20(27)25-17-5-3-4-13(10-17)14-11-18(19(23)24)28-12-14/h3-12,26H,1-2H3,(H3,23,24)(H,25,27). The topological polar surface area (TPSA) is 91.0 Å². The molecule has 0 unspecified atom stereocenters. The molecule has 0 bridgehead atoms. The summed E-state index contributed by atoms with van der Waals surface area (Å²) in [6.07, 6.45) is 0. The fourth-order valence-corrected chi connectivity index (χ4v) is 3.55. The fourth-order valence-electron chi connectivity index (χ4n) is 2.64. The van der Waals surface area contributed by atoms with E-state index >= 15 is 0 Å². The normalized spacial score (nSPS) is 11.1. The van der Waals surface area contributed by atoms with Crippen molar-refractivity contribution in [2.75, 3.05) is 10.6 Å². The number of amidine groups is 1. The zero-order chi connectivity index (χ0) is 20.3. The molecule has 0 spiro atoms. The third-order valence-electron chi connectivity index (χ3n) is 4.19. The van der Waals surface area contributed by atoms with Crippen molar-refractivity contribution in [3.05, 3.63) is 69.9 Å². The average Bonchev–Trinajstić information content (AvgIpc) is 3.14. The van der Waals surface area contributed by atoms with E-state index in [0.717, 1.165) is 21.7 Å². The van der Waals surface area contributed by atoms with Crippen LogP contribution in [-0.2, 0) is 4.79 Å². The Hall–Kier alpha value is -2.83. The number of nitrogen functional groups attached to an aromatic ring is 1. The maximum absolute atomic E-state index is 12.8. The number of hydrogen-bond donors (Lipinski definition) is 4.